The molecule has 1 aromatic rings. The van der Waals surface area contributed by atoms with E-state index in [0.717, 1.165) is 10.0 Å². The van der Waals surface area contributed by atoms with Crippen LogP contribution in [0.2, 0.25) is 0 Å². The monoisotopic (exact) mass is 255 g/mol. The highest BCUT2D eigenvalue weighted by Crippen LogP contribution is 2.15. The summed E-state index contributed by atoms with van der Waals surface area (Å²) in [5, 5.41) is 20.4. The van der Waals surface area contributed by atoms with E-state index in [0.29, 0.717) is 6.54 Å². The van der Waals surface area contributed by atoms with Crippen LogP contribution in [0.5, 0.6) is 0 Å². The summed E-state index contributed by atoms with van der Waals surface area (Å²) in [6, 6.07) is 3.50. The Morgan fingerprint density at radius 2 is 2.43 bits per heavy atom. The molecule has 0 aliphatic heterocycles. The summed E-state index contributed by atoms with van der Waals surface area (Å²) in [6.07, 6.45) is 3.28. The maximum atomic E-state index is 8.86. The summed E-state index contributed by atoms with van der Waals surface area (Å²) >= 11 is 3.28. The first-order valence-electron chi connectivity index (χ1n) is 4.12. The molecule has 0 radical (unpaired) electrons. The fourth-order valence-corrected chi connectivity index (χ4v) is 1.42. The molecule has 14 heavy (non-hydrogen) atoms. The molecule has 74 valence electrons. The molecule has 1 unspecified atom stereocenters. The van der Waals surface area contributed by atoms with Crippen molar-refractivity contribution in [2.45, 2.75) is 6.04 Å². The lowest BCUT2D eigenvalue weighted by atomic mass is 10.1. The van der Waals surface area contributed by atoms with Crippen LogP contribution in [0.15, 0.2) is 22.9 Å². The van der Waals surface area contributed by atoms with Crippen molar-refractivity contribution < 1.29 is 5.11 Å². The molecule has 0 saturated carbocycles. The van der Waals surface area contributed by atoms with E-state index < -0.39 is 6.04 Å². The van der Waals surface area contributed by atoms with Crippen molar-refractivity contribution in [1.82, 2.24) is 10.3 Å². The summed E-state index contributed by atoms with van der Waals surface area (Å²) in [7, 11) is 0. The molecular formula is C9H10BrN3O. The number of nitrogens with one attached hydrogen (secondary N) is 1. The summed E-state index contributed by atoms with van der Waals surface area (Å²) in [5.41, 5.74) is 0.787. The van der Waals surface area contributed by atoms with Crippen LogP contribution in [-0.2, 0) is 0 Å². The molecule has 0 saturated heterocycles. The maximum Gasteiger partial charge on any atom is 0.122 e. The molecule has 2 N–H and O–H groups in total. The minimum Gasteiger partial charge on any atom is -0.395 e. The Morgan fingerprint density at radius 1 is 1.64 bits per heavy atom. The standard InChI is InChI=1S/C9H10BrN3O/c10-8-3-7(5-12-6-8)9(4-11)13-1-2-14/h3,5-6,9,13-14H,1-2H2. The lowest BCUT2D eigenvalue weighted by molar-refractivity contribution is 0.289. The van der Waals surface area contributed by atoms with Gasteiger partial charge in [0, 0.05) is 29.0 Å². The van der Waals surface area contributed by atoms with Crippen LogP contribution < -0.4 is 5.32 Å². The number of nitrogens with zero attached hydrogens (tertiary/aromatic N) is 2. The zero-order chi connectivity index (χ0) is 10.4. The number of nitriles is 1. The quantitative estimate of drug-likeness (QED) is 0.842. The molecule has 0 spiro atoms. The highest BCUT2D eigenvalue weighted by atomic mass is 79.9. The summed E-state index contributed by atoms with van der Waals surface area (Å²) < 4.78 is 0.834. The minimum absolute atomic E-state index is 0.0135. The molecule has 5 heteroatoms. The smallest absolute Gasteiger partial charge is 0.122 e. The lowest BCUT2D eigenvalue weighted by Crippen LogP contribution is -2.23. The molecule has 1 rings (SSSR count). The van der Waals surface area contributed by atoms with Crippen molar-refractivity contribution in [3.63, 3.8) is 0 Å². The molecule has 4 nitrogen and oxygen atoms in total. The second-order valence-electron chi connectivity index (χ2n) is 2.68. The summed E-state index contributed by atoms with van der Waals surface area (Å²) in [6.45, 7) is 0.407. The van der Waals surface area contributed by atoms with Crippen LogP contribution in [-0.4, -0.2) is 23.2 Å². The molecule has 1 atom stereocenters. The molecule has 0 bridgehead atoms. The van der Waals surface area contributed by atoms with Gasteiger partial charge in [-0.15, -0.1) is 0 Å². The first-order chi connectivity index (χ1) is 6.77. The van der Waals surface area contributed by atoms with Crippen molar-refractivity contribution >= 4 is 15.9 Å². The van der Waals surface area contributed by atoms with Crippen molar-refractivity contribution in [2.75, 3.05) is 13.2 Å². The zero-order valence-corrected chi connectivity index (χ0v) is 9.03. The van der Waals surface area contributed by atoms with Gasteiger partial charge in [0.05, 0.1) is 12.7 Å². The van der Waals surface area contributed by atoms with E-state index in [9.17, 15) is 0 Å². The van der Waals surface area contributed by atoms with Crippen molar-refractivity contribution in [3.8, 4) is 6.07 Å². The van der Waals surface area contributed by atoms with Gasteiger partial charge < -0.3 is 5.11 Å². The lowest BCUT2D eigenvalue weighted by Gasteiger charge is -2.10. The van der Waals surface area contributed by atoms with Crippen molar-refractivity contribution in [2.24, 2.45) is 0 Å². The Hall–Kier alpha value is -0.960. The van der Waals surface area contributed by atoms with Gasteiger partial charge in [-0.1, -0.05) is 0 Å². The molecular weight excluding hydrogens is 246 g/mol. The Kier molecular flexibility index (Phi) is 4.53. The van der Waals surface area contributed by atoms with Crippen LogP contribution >= 0.6 is 15.9 Å². The van der Waals surface area contributed by atoms with E-state index in [-0.39, 0.29) is 6.61 Å². The Morgan fingerprint density at radius 3 is 3.00 bits per heavy atom. The Balaban J connectivity index is 2.75. The van der Waals surface area contributed by atoms with Crippen LogP contribution in [0.25, 0.3) is 0 Å². The second-order valence-corrected chi connectivity index (χ2v) is 3.59. The van der Waals surface area contributed by atoms with Gasteiger partial charge in [0.15, 0.2) is 0 Å². The van der Waals surface area contributed by atoms with E-state index >= 15 is 0 Å². The van der Waals surface area contributed by atoms with Gasteiger partial charge in [0.1, 0.15) is 6.04 Å². The number of hydrogen-bond donors (Lipinski definition) is 2. The molecule has 0 aliphatic rings. The van der Waals surface area contributed by atoms with E-state index in [1.165, 1.54) is 0 Å². The molecule has 0 aliphatic carbocycles. The predicted molar refractivity (Wildman–Crippen MR) is 55.4 cm³/mol. The largest absolute Gasteiger partial charge is 0.395 e. The fraction of sp³-hybridized carbons (Fsp3) is 0.333. The number of aromatic nitrogens is 1. The third kappa shape index (κ3) is 3.07. The predicted octanol–water partition coefficient (Wildman–Crippen LogP) is 0.991. The number of aliphatic hydroxyl groups excluding tert-OH is 1. The van der Waals surface area contributed by atoms with Gasteiger partial charge in [-0.25, -0.2) is 0 Å². The van der Waals surface area contributed by atoms with Gasteiger partial charge in [-0.3, -0.25) is 10.3 Å². The van der Waals surface area contributed by atoms with Gasteiger partial charge >= 0.3 is 0 Å². The third-order valence-electron chi connectivity index (χ3n) is 1.65. The normalized spacial score (nSPS) is 12.1. The van der Waals surface area contributed by atoms with Gasteiger partial charge in [0.2, 0.25) is 0 Å². The highest BCUT2D eigenvalue weighted by Gasteiger charge is 2.09. The minimum atomic E-state index is -0.424. The van der Waals surface area contributed by atoms with E-state index in [2.05, 4.69) is 32.3 Å². The second kappa shape index (κ2) is 5.70. The van der Waals surface area contributed by atoms with Crippen LogP contribution in [0, 0.1) is 11.3 Å². The van der Waals surface area contributed by atoms with E-state index in [1.54, 1.807) is 12.4 Å². The number of rotatable bonds is 4. The highest BCUT2D eigenvalue weighted by molar-refractivity contribution is 9.10. The summed E-state index contributed by atoms with van der Waals surface area (Å²) in [5.74, 6) is 0. The van der Waals surface area contributed by atoms with Crippen LogP contribution in [0.4, 0.5) is 0 Å². The Bertz CT molecular complexity index is 337. The van der Waals surface area contributed by atoms with Crippen LogP contribution in [0.1, 0.15) is 11.6 Å². The molecule has 0 aromatic carbocycles. The number of pyridine rings is 1. The van der Waals surface area contributed by atoms with Crippen molar-refractivity contribution in [1.29, 1.82) is 5.26 Å². The average Bonchev–Trinajstić information content (AvgIpc) is 2.19. The molecule has 0 amide bonds. The van der Waals surface area contributed by atoms with E-state index in [4.69, 9.17) is 10.4 Å². The first kappa shape index (κ1) is 11.1. The summed E-state index contributed by atoms with van der Waals surface area (Å²) in [4.78, 5) is 3.96. The average molecular weight is 256 g/mol. The van der Waals surface area contributed by atoms with E-state index in [1.807, 2.05) is 6.07 Å². The first-order valence-corrected chi connectivity index (χ1v) is 4.91. The molecule has 1 aromatic heterocycles. The third-order valence-corrected chi connectivity index (χ3v) is 2.08. The number of halogens is 1. The van der Waals surface area contributed by atoms with Gasteiger partial charge in [-0.2, -0.15) is 5.26 Å². The fourth-order valence-electron chi connectivity index (χ4n) is 1.03. The zero-order valence-electron chi connectivity index (χ0n) is 7.44. The SMILES string of the molecule is N#CC(NCCO)c1cncc(Br)c1. The number of hydrogen-bond acceptors (Lipinski definition) is 4. The molecule has 0 fully saturated rings. The van der Waals surface area contributed by atoms with Gasteiger partial charge in [-0.05, 0) is 22.0 Å². The van der Waals surface area contributed by atoms with Gasteiger partial charge in [0.25, 0.3) is 0 Å². The molecule has 1 heterocycles. The number of aliphatic hydroxyl groups is 1. The Labute approximate surface area is 90.7 Å². The maximum absolute atomic E-state index is 8.86. The van der Waals surface area contributed by atoms with Crippen LogP contribution in [0.3, 0.4) is 0 Å². The topological polar surface area (TPSA) is 68.9 Å². The van der Waals surface area contributed by atoms with Crippen molar-refractivity contribution in [3.05, 3.63) is 28.5 Å².